The molecule has 0 aromatic carbocycles. The average Bonchev–Trinajstić information content (AvgIpc) is 3.63. The molecular weight excluding hydrogens is 865 g/mol. The van der Waals surface area contributed by atoms with Crippen molar-refractivity contribution >= 4 is 0 Å². The highest BCUT2D eigenvalue weighted by atomic mass is 14.6. The summed E-state index contributed by atoms with van der Waals surface area (Å²) in [6.07, 6.45) is 25.8. The summed E-state index contributed by atoms with van der Waals surface area (Å²) in [6, 6.07) is 0. The van der Waals surface area contributed by atoms with Gasteiger partial charge in [-0.1, -0.05) is 288 Å². The van der Waals surface area contributed by atoms with Crippen LogP contribution < -0.4 is 0 Å². The molecule has 432 valence electrons. The van der Waals surface area contributed by atoms with E-state index in [2.05, 4.69) is 249 Å². The van der Waals surface area contributed by atoms with Gasteiger partial charge in [-0.25, -0.2) is 0 Å². The molecule has 0 amide bonds. The Balaban J connectivity index is 0.000000432. The van der Waals surface area contributed by atoms with Crippen molar-refractivity contribution in [1.82, 2.24) is 0 Å². The van der Waals surface area contributed by atoms with Crippen LogP contribution in [0.5, 0.6) is 0 Å². The molecule has 0 radical (unpaired) electrons. The molecule has 6 aliphatic rings. The van der Waals surface area contributed by atoms with Gasteiger partial charge in [0.25, 0.3) is 0 Å². The molecule has 0 aromatic heterocycles. The van der Waals surface area contributed by atoms with Crippen LogP contribution in [-0.2, 0) is 0 Å². The fourth-order valence-corrected chi connectivity index (χ4v) is 19.0. The molecule has 0 nitrogen and oxygen atoms in total. The summed E-state index contributed by atoms with van der Waals surface area (Å²) in [4.78, 5) is 0. The van der Waals surface area contributed by atoms with Crippen molar-refractivity contribution in [2.24, 2.45) is 97.5 Å². The van der Waals surface area contributed by atoms with Gasteiger partial charge in [-0.2, -0.15) is 0 Å². The molecule has 0 aromatic rings. The quantitative estimate of drug-likeness (QED) is 0.227. The first-order valence-corrected chi connectivity index (χ1v) is 31.2. The van der Waals surface area contributed by atoms with E-state index in [1.807, 2.05) is 0 Å². The van der Waals surface area contributed by atoms with Crippen LogP contribution in [0.15, 0.2) is 0 Å². The Hall–Kier alpha value is 0. The van der Waals surface area contributed by atoms with Crippen LogP contribution in [0.3, 0.4) is 0 Å². The second-order valence-corrected chi connectivity index (χ2v) is 38.6. The number of hydrogen-bond donors (Lipinski definition) is 0. The second-order valence-electron chi connectivity index (χ2n) is 38.6. The van der Waals surface area contributed by atoms with Gasteiger partial charge in [-0.3, -0.25) is 0 Å². The second kappa shape index (κ2) is 21.9. The van der Waals surface area contributed by atoms with Crippen LogP contribution in [0, 0.1) is 97.5 Å². The SMILES string of the molecule is CC(C)(C)C1(C(C)(C)C)CC1.CC(C)(C)C1(C(C)(C)C)CCC1.CC(C)(C)C1(C(C)(C)C)CCC1.CC(C)(C)C1(C(C)(C)C)CCC1.CC(C)(C)C1(C(C)(C)C)CCC1.CC(C)(C)C1(C(C)(C)C)CCCC1. The highest BCUT2D eigenvalue weighted by Gasteiger charge is 2.60. The molecule has 72 heavy (non-hydrogen) atoms. The van der Waals surface area contributed by atoms with E-state index in [1.165, 1.54) is 116 Å². The van der Waals surface area contributed by atoms with Gasteiger partial charge < -0.3 is 0 Å². The van der Waals surface area contributed by atoms with Crippen molar-refractivity contribution in [1.29, 1.82) is 0 Å². The van der Waals surface area contributed by atoms with Crippen LogP contribution in [0.2, 0.25) is 0 Å². The Morgan fingerprint density at radius 1 is 0.125 bits per heavy atom. The van der Waals surface area contributed by atoms with E-state index in [0.29, 0.717) is 97.5 Å². The van der Waals surface area contributed by atoms with Crippen molar-refractivity contribution in [2.45, 2.75) is 365 Å². The first-order chi connectivity index (χ1) is 31.2. The highest BCUT2D eigenvalue weighted by molar-refractivity contribution is 5.09. The van der Waals surface area contributed by atoms with Crippen molar-refractivity contribution in [3.05, 3.63) is 0 Å². The maximum Gasteiger partial charge on any atom is -0.0200 e. The van der Waals surface area contributed by atoms with Gasteiger partial charge in [-0.05, 0) is 175 Å². The number of hydrogen-bond acceptors (Lipinski definition) is 0. The van der Waals surface area contributed by atoms with Crippen molar-refractivity contribution < 1.29 is 0 Å². The van der Waals surface area contributed by atoms with Gasteiger partial charge in [0.15, 0.2) is 0 Å². The smallest absolute Gasteiger partial charge is 0.0200 e. The molecule has 6 aliphatic carbocycles. The van der Waals surface area contributed by atoms with E-state index in [9.17, 15) is 0 Å². The molecule has 6 saturated carbocycles. The standard InChI is InChI=1S/C13H26.4C12H24.C11H22/c1-11(2,3)13(12(4,5)6)9-7-8-10-13;4*1-10(2,3)12(8-7-9-12)11(4,5)6;1-9(2,3)11(7-8-11)10(4,5)6/h7-10H2,1-6H3;4*7-9H2,1-6H3;7-8H2,1-6H3. The van der Waals surface area contributed by atoms with Gasteiger partial charge >= 0.3 is 0 Å². The largest absolute Gasteiger partial charge is 0.0596 e. The molecule has 6 rings (SSSR count). The maximum absolute atomic E-state index is 2.42. The Kier molecular flexibility index (Phi) is 21.3. The normalized spacial score (nSPS) is 23.5. The molecule has 0 atom stereocenters. The van der Waals surface area contributed by atoms with Crippen molar-refractivity contribution in [3.63, 3.8) is 0 Å². The molecule has 0 aliphatic heterocycles. The molecule has 0 spiro atoms. The molecule has 0 unspecified atom stereocenters. The predicted octanol–water partition coefficient (Wildman–Crippen LogP) is 25.5. The van der Waals surface area contributed by atoms with Gasteiger partial charge in [0, 0.05) is 0 Å². The fourth-order valence-electron chi connectivity index (χ4n) is 19.0. The van der Waals surface area contributed by atoms with E-state index < -0.39 is 0 Å². The molecule has 0 heterocycles. The summed E-state index contributed by atoms with van der Waals surface area (Å²) in [5.74, 6) is 0. The fraction of sp³-hybridized carbons (Fsp3) is 1.00. The minimum atomic E-state index is 0.460. The Labute approximate surface area is 460 Å². The van der Waals surface area contributed by atoms with Crippen LogP contribution in [0.1, 0.15) is 365 Å². The molecule has 0 N–H and O–H groups in total. The Bertz CT molecular complexity index is 1340. The summed E-state index contributed by atoms with van der Waals surface area (Å²) < 4.78 is 0. The summed E-state index contributed by atoms with van der Waals surface area (Å²) >= 11 is 0. The zero-order valence-corrected chi connectivity index (χ0v) is 57.7. The maximum atomic E-state index is 2.42. The summed E-state index contributed by atoms with van der Waals surface area (Å²) in [5, 5.41) is 0. The van der Waals surface area contributed by atoms with E-state index in [0.717, 1.165) is 0 Å². The molecular formula is C72H144. The predicted molar refractivity (Wildman–Crippen MR) is 331 cm³/mol. The third-order valence-corrected chi connectivity index (χ3v) is 24.3. The summed E-state index contributed by atoms with van der Waals surface area (Å²) in [5.41, 5.74) is 9.29. The van der Waals surface area contributed by atoms with Gasteiger partial charge in [0.1, 0.15) is 0 Å². The first kappa shape index (κ1) is 70.0. The third kappa shape index (κ3) is 14.1. The zero-order chi connectivity index (χ0) is 57.7. The number of rotatable bonds is 0. The highest BCUT2D eigenvalue weighted by Crippen LogP contribution is 2.69. The lowest BCUT2D eigenvalue weighted by molar-refractivity contribution is -0.100. The topological polar surface area (TPSA) is 0 Å². The van der Waals surface area contributed by atoms with Gasteiger partial charge in [0.2, 0.25) is 0 Å². The Morgan fingerprint density at radius 2 is 0.208 bits per heavy atom. The molecule has 0 bridgehead atoms. The summed E-state index contributed by atoms with van der Waals surface area (Å²) in [6.45, 7) is 86.4. The van der Waals surface area contributed by atoms with E-state index in [4.69, 9.17) is 0 Å². The van der Waals surface area contributed by atoms with Gasteiger partial charge in [0.05, 0.1) is 0 Å². The lowest BCUT2D eigenvalue weighted by atomic mass is 9.45. The van der Waals surface area contributed by atoms with E-state index in [1.54, 1.807) is 0 Å². The lowest BCUT2D eigenvalue weighted by Crippen LogP contribution is -2.51. The van der Waals surface area contributed by atoms with E-state index in [-0.39, 0.29) is 0 Å². The van der Waals surface area contributed by atoms with Gasteiger partial charge in [-0.15, -0.1) is 0 Å². The average molecular weight is 1010 g/mol. The third-order valence-electron chi connectivity index (χ3n) is 24.3. The van der Waals surface area contributed by atoms with Crippen LogP contribution in [-0.4, -0.2) is 0 Å². The minimum absolute atomic E-state index is 0.460. The molecule has 6 fully saturated rings. The van der Waals surface area contributed by atoms with Crippen molar-refractivity contribution in [2.75, 3.05) is 0 Å². The first-order valence-electron chi connectivity index (χ1n) is 31.2. The molecule has 0 saturated heterocycles. The monoisotopic (exact) mass is 1010 g/mol. The summed E-state index contributed by atoms with van der Waals surface area (Å²) in [7, 11) is 0. The molecule has 0 heteroatoms. The Morgan fingerprint density at radius 3 is 0.236 bits per heavy atom. The lowest BCUT2D eigenvalue weighted by Gasteiger charge is -2.60. The van der Waals surface area contributed by atoms with E-state index >= 15 is 0 Å². The van der Waals surface area contributed by atoms with Crippen molar-refractivity contribution in [3.8, 4) is 0 Å². The van der Waals surface area contributed by atoms with Crippen LogP contribution >= 0.6 is 0 Å². The van der Waals surface area contributed by atoms with Crippen LogP contribution in [0.4, 0.5) is 0 Å². The zero-order valence-electron chi connectivity index (χ0n) is 57.7. The van der Waals surface area contributed by atoms with Crippen LogP contribution in [0.25, 0.3) is 0 Å². The minimum Gasteiger partial charge on any atom is -0.0596 e.